The second-order valence-electron chi connectivity index (χ2n) is 8.63. The van der Waals surface area contributed by atoms with E-state index >= 15 is 0 Å². The van der Waals surface area contributed by atoms with Crippen LogP contribution in [0.5, 0.6) is 5.75 Å². The molecule has 13 nitrogen and oxygen atoms in total. The molecule has 0 fully saturated rings. The number of H-pyrrole nitrogens is 1. The summed E-state index contributed by atoms with van der Waals surface area (Å²) in [7, 11) is 0. The standard InChI is InChI=1S/C23H32N6O7/c1-12(2)19(29-20(32)16(24)10-30)22(34)27-17(7-13-3-5-15(31)6-4-13)21(33)28-18(23(35)36)8-14-9-25-11-26-14/h3-6,9,11-12,16-19,30-31H,7-8,10,24H2,1-2H3,(H,25,26)(H,27,34)(H,28,33)(H,29,32)(H,35,36). The molecule has 36 heavy (non-hydrogen) atoms. The van der Waals surface area contributed by atoms with Gasteiger partial charge in [-0.25, -0.2) is 9.78 Å². The number of aromatic amines is 1. The van der Waals surface area contributed by atoms with Crippen molar-refractivity contribution in [1.82, 2.24) is 25.9 Å². The minimum Gasteiger partial charge on any atom is -0.508 e. The van der Waals surface area contributed by atoms with Crippen LogP contribution in [-0.2, 0) is 32.0 Å². The Labute approximate surface area is 207 Å². The van der Waals surface area contributed by atoms with Gasteiger partial charge >= 0.3 is 5.97 Å². The number of phenolic OH excluding ortho intramolecular Hbond substituents is 1. The highest BCUT2D eigenvalue weighted by molar-refractivity contribution is 5.94. The molecule has 0 saturated carbocycles. The lowest BCUT2D eigenvalue weighted by molar-refractivity contribution is -0.142. The first-order valence-electron chi connectivity index (χ1n) is 11.3. The molecule has 1 aromatic heterocycles. The molecule has 2 aromatic rings. The Hall–Kier alpha value is -3.97. The van der Waals surface area contributed by atoms with E-state index in [1.807, 2.05) is 0 Å². The minimum absolute atomic E-state index is 0.0112. The normalized spacial score (nSPS) is 14.4. The van der Waals surface area contributed by atoms with E-state index in [0.29, 0.717) is 11.3 Å². The number of phenols is 1. The number of carbonyl (C=O) groups is 4. The largest absolute Gasteiger partial charge is 0.508 e. The zero-order chi connectivity index (χ0) is 26.8. The first kappa shape index (κ1) is 28.3. The SMILES string of the molecule is CC(C)C(NC(=O)C(N)CO)C(=O)NC(Cc1ccc(O)cc1)C(=O)NC(Cc1cnc[nH]1)C(=O)O. The van der Waals surface area contributed by atoms with Gasteiger partial charge in [-0.1, -0.05) is 26.0 Å². The lowest BCUT2D eigenvalue weighted by atomic mass is 10.00. The molecular weight excluding hydrogens is 472 g/mol. The molecule has 4 unspecified atom stereocenters. The van der Waals surface area contributed by atoms with Crippen LogP contribution in [0.3, 0.4) is 0 Å². The number of hydrogen-bond acceptors (Lipinski definition) is 8. The Morgan fingerprint density at radius 1 is 0.972 bits per heavy atom. The molecule has 3 amide bonds. The van der Waals surface area contributed by atoms with Gasteiger partial charge in [-0.3, -0.25) is 14.4 Å². The fourth-order valence-electron chi connectivity index (χ4n) is 3.31. The number of rotatable bonds is 13. The van der Waals surface area contributed by atoms with Gasteiger partial charge in [0.25, 0.3) is 0 Å². The molecule has 1 aromatic carbocycles. The van der Waals surface area contributed by atoms with Gasteiger partial charge in [0.1, 0.15) is 29.9 Å². The Kier molecular flexibility index (Phi) is 10.4. The van der Waals surface area contributed by atoms with Crippen molar-refractivity contribution in [2.75, 3.05) is 6.61 Å². The molecule has 196 valence electrons. The van der Waals surface area contributed by atoms with Crippen LogP contribution in [0.15, 0.2) is 36.8 Å². The zero-order valence-electron chi connectivity index (χ0n) is 20.0. The van der Waals surface area contributed by atoms with E-state index in [0.717, 1.165) is 0 Å². The quantitative estimate of drug-likeness (QED) is 0.157. The van der Waals surface area contributed by atoms with Crippen LogP contribution >= 0.6 is 0 Å². The third kappa shape index (κ3) is 8.36. The summed E-state index contributed by atoms with van der Waals surface area (Å²) >= 11 is 0. The van der Waals surface area contributed by atoms with E-state index in [2.05, 4.69) is 25.9 Å². The van der Waals surface area contributed by atoms with Crippen LogP contribution < -0.4 is 21.7 Å². The summed E-state index contributed by atoms with van der Waals surface area (Å²) in [6, 6.07) is 1.12. The van der Waals surface area contributed by atoms with E-state index in [-0.39, 0.29) is 18.6 Å². The number of aliphatic hydroxyl groups excluding tert-OH is 1. The second-order valence-corrected chi connectivity index (χ2v) is 8.63. The number of aromatic hydroxyl groups is 1. The first-order valence-corrected chi connectivity index (χ1v) is 11.3. The van der Waals surface area contributed by atoms with Crippen molar-refractivity contribution >= 4 is 23.7 Å². The maximum atomic E-state index is 13.2. The predicted octanol–water partition coefficient (Wildman–Crippen LogP) is -1.58. The number of aromatic nitrogens is 2. The third-order valence-corrected chi connectivity index (χ3v) is 5.38. The average Bonchev–Trinajstić information content (AvgIpc) is 3.35. The smallest absolute Gasteiger partial charge is 0.326 e. The lowest BCUT2D eigenvalue weighted by Gasteiger charge is -2.27. The topological polar surface area (TPSA) is 220 Å². The summed E-state index contributed by atoms with van der Waals surface area (Å²) in [5.74, 6) is -3.86. The predicted molar refractivity (Wildman–Crippen MR) is 127 cm³/mol. The summed E-state index contributed by atoms with van der Waals surface area (Å²) < 4.78 is 0. The Bertz CT molecular complexity index is 1030. The summed E-state index contributed by atoms with van der Waals surface area (Å²) in [4.78, 5) is 56.8. The van der Waals surface area contributed by atoms with Crippen LogP contribution in [0.4, 0.5) is 0 Å². The van der Waals surface area contributed by atoms with E-state index in [1.54, 1.807) is 26.0 Å². The number of carboxylic acid groups (broad SMARTS) is 1. The van der Waals surface area contributed by atoms with Crippen LogP contribution in [0.2, 0.25) is 0 Å². The van der Waals surface area contributed by atoms with Crippen molar-refractivity contribution in [3.8, 4) is 5.75 Å². The van der Waals surface area contributed by atoms with Gasteiger partial charge in [0.2, 0.25) is 17.7 Å². The summed E-state index contributed by atoms with van der Waals surface area (Å²) in [5, 5.41) is 35.7. The number of nitrogens with zero attached hydrogens (tertiary/aromatic N) is 1. The van der Waals surface area contributed by atoms with Crippen molar-refractivity contribution in [1.29, 1.82) is 0 Å². The van der Waals surface area contributed by atoms with Crippen molar-refractivity contribution in [3.05, 3.63) is 48.0 Å². The number of nitrogens with two attached hydrogens (primary N) is 1. The Balaban J connectivity index is 2.24. The number of nitrogens with one attached hydrogen (secondary N) is 4. The van der Waals surface area contributed by atoms with Gasteiger partial charge in [-0.2, -0.15) is 0 Å². The van der Waals surface area contributed by atoms with E-state index < -0.39 is 60.4 Å². The van der Waals surface area contributed by atoms with Gasteiger partial charge in [0.15, 0.2) is 0 Å². The van der Waals surface area contributed by atoms with Crippen LogP contribution in [0.1, 0.15) is 25.1 Å². The molecule has 13 heteroatoms. The number of amides is 3. The first-order chi connectivity index (χ1) is 17.0. The number of hydrogen-bond donors (Lipinski definition) is 8. The van der Waals surface area contributed by atoms with Gasteiger partial charge in [0.05, 0.1) is 12.9 Å². The number of imidazole rings is 1. The molecule has 4 atom stereocenters. The average molecular weight is 505 g/mol. The molecule has 0 saturated heterocycles. The van der Waals surface area contributed by atoms with Crippen molar-refractivity contribution in [3.63, 3.8) is 0 Å². The summed E-state index contributed by atoms with van der Waals surface area (Å²) in [5.41, 5.74) is 6.60. The fraction of sp³-hybridized carbons (Fsp3) is 0.435. The summed E-state index contributed by atoms with van der Waals surface area (Å²) in [6.07, 6.45) is 2.73. The van der Waals surface area contributed by atoms with Crippen LogP contribution in [-0.4, -0.2) is 79.8 Å². The van der Waals surface area contributed by atoms with Crippen molar-refractivity contribution < 1.29 is 34.5 Å². The fourth-order valence-corrected chi connectivity index (χ4v) is 3.31. The van der Waals surface area contributed by atoms with Crippen LogP contribution in [0.25, 0.3) is 0 Å². The maximum absolute atomic E-state index is 13.2. The third-order valence-electron chi connectivity index (χ3n) is 5.38. The maximum Gasteiger partial charge on any atom is 0.326 e. The second kappa shape index (κ2) is 13.2. The molecule has 0 spiro atoms. The highest BCUT2D eigenvalue weighted by Gasteiger charge is 2.32. The Morgan fingerprint density at radius 3 is 2.14 bits per heavy atom. The van der Waals surface area contributed by atoms with Crippen LogP contribution in [0, 0.1) is 5.92 Å². The molecule has 0 radical (unpaired) electrons. The lowest BCUT2D eigenvalue weighted by Crippen LogP contribution is -2.59. The van der Waals surface area contributed by atoms with E-state index in [1.165, 1.54) is 24.7 Å². The summed E-state index contributed by atoms with van der Waals surface area (Å²) in [6.45, 7) is 2.74. The molecule has 2 rings (SSSR count). The van der Waals surface area contributed by atoms with Crippen molar-refractivity contribution in [2.24, 2.45) is 11.7 Å². The number of benzene rings is 1. The molecule has 0 aliphatic heterocycles. The number of carbonyl (C=O) groups excluding carboxylic acids is 3. The zero-order valence-corrected chi connectivity index (χ0v) is 20.0. The molecule has 1 heterocycles. The van der Waals surface area contributed by atoms with Gasteiger partial charge in [0, 0.05) is 24.7 Å². The molecule has 0 bridgehead atoms. The number of carboxylic acids is 1. The molecule has 0 aliphatic rings. The Morgan fingerprint density at radius 2 is 1.61 bits per heavy atom. The van der Waals surface area contributed by atoms with E-state index in [4.69, 9.17) is 10.8 Å². The monoisotopic (exact) mass is 504 g/mol. The van der Waals surface area contributed by atoms with Crippen molar-refractivity contribution in [2.45, 2.75) is 50.9 Å². The highest BCUT2D eigenvalue weighted by atomic mass is 16.4. The number of aliphatic hydroxyl groups is 1. The molecule has 9 N–H and O–H groups in total. The molecule has 0 aliphatic carbocycles. The highest BCUT2D eigenvalue weighted by Crippen LogP contribution is 2.13. The van der Waals surface area contributed by atoms with Gasteiger partial charge in [-0.15, -0.1) is 0 Å². The molecular formula is C23H32N6O7. The van der Waals surface area contributed by atoms with E-state index in [9.17, 15) is 29.4 Å². The van der Waals surface area contributed by atoms with Gasteiger partial charge < -0.3 is 42.0 Å². The minimum atomic E-state index is -1.31. The number of aliphatic carboxylic acids is 1. The van der Waals surface area contributed by atoms with Gasteiger partial charge in [-0.05, 0) is 23.6 Å².